The van der Waals surface area contributed by atoms with E-state index in [4.69, 9.17) is 14.5 Å². The van der Waals surface area contributed by atoms with Crippen LogP contribution in [-0.2, 0) is 9.53 Å². The molecule has 1 aromatic heterocycles. The lowest BCUT2D eigenvalue weighted by atomic mass is 9.95. The van der Waals surface area contributed by atoms with E-state index in [1.807, 2.05) is 41.4 Å². The van der Waals surface area contributed by atoms with Crippen LogP contribution in [0.2, 0.25) is 0 Å². The Hall–Kier alpha value is -2.47. The molecule has 148 valence electrons. The Labute approximate surface area is 165 Å². The molecule has 6 nitrogen and oxygen atoms in total. The van der Waals surface area contributed by atoms with E-state index in [0.717, 1.165) is 61.6 Å². The van der Waals surface area contributed by atoms with E-state index in [0.29, 0.717) is 5.92 Å². The molecular weight excluding hydrogens is 354 g/mol. The molecule has 1 aromatic carbocycles. The number of ether oxygens (including phenoxy) is 2. The van der Waals surface area contributed by atoms with Crippen molar-refractivity contribution in [3.63, 3.8) is 0 Å². The summed E-state index contributed by atoms with van der Waals surface area (Å²) in [6.45, 7) is 1.48. The molecule has 1 saturated carbocycles. The van der Waals surface area contributed by atoms with Gasteiger partial charge in [0.25, 0.3) is 5.91 Å². The number of aromatic nitrogens is 2. The minimum atomic E-state index is -0.258. The molecule has 0 N–H and O–H groups in total. The molecule has 2 aromatic rings. The van der Waals surface area contributed by atoms with Gasteiger partial charge in [0.1, 0.15) is 17.7 Å². The van der Waals surface area contributed by atoms with Crippen molar-refractivity contribution in [3.8, 4) is 17.0 Å². The summed E-state index contributed by atoms with van der Waals surface area (Å²) in [5, 5.41) is 0. The van der Waals surface area contributed by atoms with Crippen LogP contribution in [0.1, 0.15) is 37.4 Å². The molecule has 1 unspecified atom stereocenters. The molecule has 1 aliphatic heterocycles. The number of likely N-dealkylation sites (tertiary alicyclic amines) is 1. The third kappa shape index (κ3) is 4.02. The average molecular weight is 381 g/mol. The Morgan fingerprint density at radius 2 is 1.79 bits per heavy atom. The number of methoxy groups -OCH3 is 2. The van der Waals surface area contributed by atoms with Crippen LogP contribution >= 0.6 is 0 Å². The van der Waals surface area contributed by atoms with E-state index in [1.54, 1.807) is 14.2 Å². The van der Waals surface area contributed by atoms with Crippen LogP contribution in [0.5, 0.6) is 5.75 Å². The van der Waals surface area contributed by atoms with Crippen molar-refractivity contribution < 1.29 is 14.3 Å². The molecule has 1 saturated heterocycles. The predicted octanol–water partition coefficient (Wildman–Crippen LogP) is 3.28. The van der Waals surface area contributed by atoms with Crippen LogP contribution in [-0.4, -0.2) is 54.2 Å². The lowest BCUT2D eigenvalue weighted by molar-refractivity contribution is -0.144. The van der Waals surface area contributed by atoms with Gasteiger partial charge >= 0.3 is 0 Å². The highest BCUT2D eigenvalue weighted by atomic mass is 16.5. The quantitative estimate of drug-likeness (QED) is 0.768. The first kappa shape index (κ1) is 18.9. The standard InChI is InChI=1S/C22H27N3O3/c1-27-18-7-5-15(6-8-18)19-9-12-23-21(24-19)17-10-13-25(14-11-17)22(26)20(28-2)16-3-4-16/h5-9,12,16-17,20H,3-4,10-11,13-14H2,1-2H3. The summed E-state index contributed by atoms with van der Waals surface area (Å²) in [4.78, 5) is 24.0. The van der Waals surface area contributed by atoms with Crippen molar-refractivity contribution in [1.82, 2.24) is 14.9 Å². The first-order chi connectivity index (χ1) is 13.7. The van der Waals surface area contributed by atoms with Gasteiger partial charge in [-0.2, -0.15) is 0 Å². The third-order valence-corrected chi connectivity index (χ3v) is 5.78. The molecule has 1 atom stereocenters. The predicted molar refractivity (Wildman–Crippen MR) is 106 cm³/mol. The van der Waals surface area contributed by atoms with E-state index < -0.39 is 0 Å². The van der Waals surface area contributed by atoms with Gasteiger partial charge in [-0.3, -0.25) is 4.79 Å². The summed E-state index contributed by atoms with van der Waals surface area (Å²) < 4.78 is 10.7. The number of hydrogen-bond donors (Lipinski definition) is 0. The Morgan fingerprint density at radius 3 is 2.39 bits per heavy atom. The van der Waals surface area contributed by atoms with Crippen LogP contribution < -0.4 is 4.74 Å². The number of piperidine rings is 1. The fourth-order valence-electron chi connectivity index (χ4n) is 3.92. The van der Waals surface area contributed by atoms with E-state index >= 15 is 0 Å². The Kier molecular flexibility index (Phi) is 5.57. The first-order valence-electron chi connectivity index (χ1n) is 9.98. The van der Waals surface area contributed by atoms with Gasteiger partial charge in [0.15, 0.2) is 0 Å². The highest BCUT2D eigenvalue weighted by Crippen LogP contribution is 2.36. The fourth-order valence-corrected chi connectivity index (χ4v) is 3.92. The zero-order valence-corrected chi connectivity index (χ0v) is 16.5. The molecule has 1 aliphatic carbocycles. The number of nitrogens with zero attached hydrogens (tertiary/aromatic N) is 3. The number of rotatable bonds is 6. The summed E-state index contributed by atoms with van der Waals surface area (Å²) in [5.41, 5.74) is 1.96. The molecule has 0 bridgehead atoms. The van der Waals surface area contributed by atoms with E-state index in [2.05, 4.69) is 4.98 Å². The first-order valence-corrected chi connectivity index (χ1v) is 9.98. The van der Waals surface area contributed by atoms with Gasteiger partial charge in [0, 0.05) is 37.9 Å². The molecule has 2 aliphatic rings. The van der Waals surface area contributed by atoms with Gasteiger partial charge in [-0.25, -0.2) is 9.97 Å². The second-order valence-corrected chi connectivity index (χ2v) is 7.62. The largest absolute Gasteiger partial charge is 0.497 e. The Bertz CT molecular complexity index is 812. The van der Waals surface area contributed by atoms with Crippen LogP contribution in [0.3, 0.4) is 0 Å². The summed E-state index contributed by atoms with van der Waals surface area (Å²) in [6, 6.07) is 9.83. The number of benzene rings is 1. The van der Waals surface area contributed by atoms with Crippen molar-refractivity contribution >= 4 is 5.91 Å². The molecule has 1 amide bonds. The molecule has 2 heterocycles. The molecule has 6 heteroatoms. The summed E-state index contributed by atoms with van der Waals surface area (Å²) in [6.07, 6.45) is 5.55. The average Bonchev–Trinajstić information content (AvgIpc) is 3.60. The summed E-state index contributed by atoms with van der Waals surface area (Å²) >= 11 is 0. The van der Waals surface area contributed by atoms with Crippen molar-refractivity contribution in [3.05, 3.63) is 42.4 Å². The lowest BCUT2D eigenvalue weighted by Gasteiger charge is -2.33. The smallest absolute Gasteiger partial charge is 0.251 e. The zero-order chi connectivity index (χ0) is 19.5. The van der Waals surface area contributed by atoms with Crippen LogP contribution in [0.25, 0.3) is 11.3 Å². The molecular formula is C22H27N3O3. The minimum absolute atomic E-state index is 0.149. The van der Waals surface area contributed by atoms with E-state index in [9.17, 15) is 4.79 Å². The van der Waals surface area contributed by atoms with Crippen LogP contribution in [0.4, 0.5) is 0 Å². The maximum atomic E-state index is 12.7. The van der Waals surface area contributed by atoms with Crippen LogP contribution in [0, 0.1) is 5.92 Å². The van der Waals surface area contributed by atoms with Gasteiger partial charge in [-0.05, 0) is 61.9 Å². The van der Waals surface area contributed by atoms with Gasteiger partial charge in [0.05, 0.1) is 12.8 Å². The number of hydrogen-bond acceptors (Lipinski definition) is 5. The third-order valence-electron chi connectivity index (χ3n) is 5.78. The fraction of sp³-hybridized carbons (Fsp3) is 0.500. The van der Waals surface area contributed by atoms with Gasteiger partial charge in [-0.1, -0.05) is 0 Å². The number of carbonyl (C=O) groups excluding carboxylic acids is 1. The molecule has 2 fully saturated rings. The number of amides is 1. The summed E-state index contributed by atoms with van der Waals surface area (Å²) in [7, 11) is 3.31. The van der Waals surface area contributed by atoms with Gasteiger partial charge < -0.3 is 14.4 Å². The maximum absolute atomic E-state index is 12.7. The van der Waals surface area contributed by atoms with Gasteiger partial charge in [-0.15, -0.1) is 0 Å². The maximum Gasteiger partial charge on any atom is 0.251 e. The second-order valence-electron chi connectivity index (χ2n) is 7.62. The van der Waals surface area contributed by atoms with Crippen molar-refractivity contribution in [2.75, 3.05) is 27.3 Å². The lowest BCUT2D eigenvalue weighted by Crippen LogP contribution is -2.45. The van der Waals surface area contributed by atoms with Crippen molar-refractivity contribution in [1.29, 1.82) is 0 Å². The van der Waals surface area contributed by atoms with Crippen LogP contribution in [0.15, 0.2) is 36.5 Å². The topological polar surface area (TPSA) is 64.5 Å². The SMILES string of the molecule is COc1ccc(-c2ccnc(C3CCN(C(=O)C(OC)C4CC4)CC3)n2)cc1. The molecule has 4 rings (SSSR count). The van der Waals surface area contributed by atoms with E-state index in [1.165, 1.54) is 0 Å². The normalized spacial score (nSPS) is 18.7. The van der Waals surface area contributed by atoms with Gasteiger partial charge in [0.2, 0.25) is 0 Å². The minimum Gasteiger partial charge on any atom is -0.497 e. The highest BCUT2D eigenvalue weighted by molar-refractivity contribution is 5.81. The summed E-state index contributed by atoms with van der Waals surface area (Å²) in [5.74, 6) is 2.54. The molecule has 28 heavy (non-hydrogen) atoms. The van der Waals surface area contributed by atoms with Crippen molar-refractivity contribution in [2.24, 2.45) is 5.92 Å². The Morgan fingerprint density at radius 1 is 1.07 bits per heavy atom. The zero-order valence-electron chi connectivity index (χ0n) is 16.5. The Balaban J connectivity index is 1.41. The molecule has 0 radical (unpaired) electrons. The second kappa shape index (κ2) is 8.27. The van der Waals surface area contributed by atoms with Crippen molar-refractivity contribution in [2.45, 2.75) is 37.7 Å². The highest BCUT2D eigenvalue weighted by Gasteiger charge is 2.39. The monoisotopic (exact) mass is 381 g/mol. The number of carbonyl (C=O) groups is 1. The molecule has 0 spiro atoms. The van der Waals surface area contributed by atoms with E-state index in [-0.39, 0.29) is 17.9 Å².